The third-order valence-electron chi connectivity index (χ3n) is 3.21. The molecule has 0 bridgehead atoms. The summed E-state index contributed by atoms with van der Waals surface area (Å²) in [5, 5.41) is -14.0. The van der Waals surface area contributed by atoms with E-state index < -0.39 is 61.3 Å². The molecule has 7 nitrogen and oxygen atoms in total. The third kappa shape index (κ3) is 6.83. The summed E-state index contributed by atoms with van der Waals surface area (Å²) in [5.41, 5.74) is 0. The summed E-state index contributed by atoms with van der Waals surface area (Å²) < 4.78 is 236. The second-order valence-corrected chi connectivity index (χ2v) is 9.55. The van der Waals surface area contributed by atoms with Gasteiger partial charge in [0.1, 0.15) is 12.4 Å². The van der Waals surface area contributed by atoms with E-state index in [1.165, 1.54) is 7.05 Å². The maximum atomic E-state index is 12.9. The monoisotopic (exact) mass is 613 g/mol. The van der Waals surface area contributed by atoms with E-state index in [9.17, 15) is 87.1 Å². The number of hydrogen-bond acceptors (Lipinski definition) is 4. The van der Waals surface area contributed by atoms with Crippen LogP contribution in [0.4, 0.5) is 70.2 Å². The molecule has 25 heteroatoms. The summed E-state index contributed by atoms with van der Waals surface area (Å²) in [5.74, 6) is 0. The molecule has 36 heavy (non-hydrogen) atoms. The Morgan fingerprint density at radius 2 is 1.06 bits per heavy atom. The molecule has 0 fully saturated rings. The first-order chi connectivity index (χ1) is 15.4. The van der Waals surface area contributed by atoms with Gasteiger partial charge >= 0.3 is 41.3 Å². The third-order valence-corrected chi connectivity index (χ3v) is 6.54. The van der Waals surface area contributed by atoms with Gasteiger partial charge in [0.15, 0.2) is 20.0 Å². The van der Waals surface area contributed by atoms with E-state index >= 15 is 0 Å². The maximum absolute atomic E-state index is 12.9. The van der Waals surface area contributed by atoms with E-state index in [1.54, 1.807) is 0 Å². The molecule has 1 heterocycles. The van der Waals surface area contributed by atoms with Gasteiger partial charge in [-0.1, -0.05) is 0 Å². The molecule has 0 amide bonds. The predicted molar refractivity (Wildman–Crippen MR) is 80.0 cm³/mol. The Kier molecular flexibility index (Phi) is 9.13. The minimum absolute atomic E-state index is 0.120. The minimum Gasteiger partial charge on any atom is -0.425 e. The number of rotatable bonds is 6. The van der Waals surface area contributed by atoms with Crippen LogP contribution < -0.4 is 4.57 Å². The molecule has 0 aliphatic rings. The zero-order valence-electron chi connectivity index (χ0n) is 16.1. The molecule has 214 valence electrons. The number of nitrogens with zero attached hydrogens (tertiary/aromatic N) is 3. The van der Waals surface area contributed by atoms with E-state index in [1.807, 2.05) is 0 Å². The molecule has 1 unspecified atom stereocenters. The van der Waals surface area contributed by atoms with E-state index in [2.05, 4.69) is 0 Å². The first kappa shape index (κ1) is 33.9. The summed E-state index contributed by atoms with van der Waals surface area (Å²) in [6.45, 7) is 0. The Hall–Kier alpha value is -2.05. The zero-order valence-corrected chi connectivity index (χ0v) is 17.8. The first-order valence-electron chi connectivity index (χ1n) is 7.61. The Bertz CT molecular complexity index is 1060. The maximum Gasteiger partial charge on any atom is 0.467 e. The van der Waals surface area contributed by atoms with E-state index in [4.69, 9.17) is 0 Å². The zero-order chi connectivity index (χ0) is 29.6. The van der Waals surface area contributed by atoms with Crippen LogP contribution in [-0.4, -0.2) is 56.6 Å². The van der Waals surface area contributed by atoms with Crippen molar-refractivity contribution in [1.82, 2.24) is 4.57 Å². The normalized spacial score (nSPS) is 15.8. The standard InChI is InChI=1S/C7H7F6N2.C4F10NO4S2/c1-14-2-3-15(4-14)7(12,13)5(8)6(9,10)11;5-1(6,7)3(11,12)20(16,17)15-21(18,19)4(13,14)2(8,9)10/h2-5H,1H3;/q+1;-1. The molecule has 0 saturated carbocycles. The minimum atomic E-state index is -7.62. The average molecular weight is 613 g/mol. The van der Waals surface area contributed by atoms with Gasteiger partial charge in [0, 0.05) is 0 Å². The van der Waals surface area contributed by atoms with Crippen LogP contribution in [0.25, 0.3) is 4.13 Å². The van der Waals surface area contributed by atoms with Gasteiger partial charge in [0.05, 0.1) is 7.05 Å². The number of sulfonamides is 2. The van der Waals surface area contributed by atoms with Crippen molar-refractivity contribution in [3.05, 3.63) is 22.8 Å². The van der Waals surface area contributed by atoms with Crippen LogP contribution in [0.15, 0.2) is 18.7 Å². The molecule has 1 aromatic rings. The fourth-order valence-corrected chi connectivity index (χ4v) is 3.84. The highest BCUT2D eigenvalue weighted by atomic mass is 32.3. The summed E-state index contributed by atoms with van der Waals surface area (Å²) in [6.07, 6.45) is -21.4. The molecule has 1 aromatic heterocycles. The van der Waals surface area contributed by atoms with E-state index in [0.717, 1.165) is 10.8 Å². The summed E-state index contributed by atoms with van der Waals surface area (Å²) in [6, 6.07) is -4.64. The predicted octanol–water partition coefficient (Wildman–Crippen LogP) is 4.09. The van der Waals surface area contributed by atoms with Crippen molar-refractivity contribution in [2.24, 2.45) is 7.05 Å². The highest BCUT2D eigenvalue weighted by Gasteiger charge is 2.68. The van der Waals surface area contributed by atoms with Gasteiger partial charge in [-0.3, -0.25) is 0 Å². The molecule has 0 spiro atoms. The van der Waals surface area contributed by atoms with Crippen LogP contribution in [0.3, 0.4) is 0 Å². The van der Waals surface area contributed by atoms with Crippen molar-refractivity contribution < 1.29 is 91.6 Å². The van der Waals surface area contributed by atoms with Gasteiger partial charge in [0.2, 0.25) is 6.33 Å². The number of alkyl halides is 16. The number of halogens is 16. The number of hydrogen-bond donors (Lipinski definition) is 0. The number of aromatic nitrogens is 2. The van der Waals surface area contributed by atoms with Gasteiger partial charge in [0.25, 0.3) is 0 Å². The largest absolute Gasteiger partial charge is 0.467 e. The van der Waals surface area contributed by atoms with Gasteiger partial charge in [-0.15, -0.1) is 0 Å². The summed E-state index contributed by atoms with van der Waals surface area (Å²) >= 11 is 0. The lowest BCUT2D eigenvalue weighted by Gasteiger charge is -2.31. The van der Waals surface area contributed by atoms with E-state index in [-0.39, 0.29) is 4.57 Å². The van der Waals surface area contributed by atoms with Crippen molar-refractivity contribution in [2.45, 2.75) is 41.3 Å². The van der Waals surface area contributed by atoms with Crippen LogP contribution in [-0.2, 0) is 33.1 Å². The molecule has 1 rings (SSSR count). The highest BCUT2D eigenvalue weighted by molar-refractivity contribution is 8.13. The molecule has 0 aliphatic heterocycles. The Morgan fingerprint density at radius 1 is 0.722 bits per heavy atom. The van der Waals surface area contributed by atoms with Crippen LogP contribution in [0, 0.1) is 0 Å². The Balaban J connectivity index is 0.000000717. The van der Waals surface area contributed by atoms with E-state index in [0.29, 0.717) is 16.7 Å². The molecule has 0 N–H and O–H groups in total. The van der Waals surface area contributed by atoms with Crippen LogP contribution in [0.5, 0.6) is 0 Å². The quantitative estimate of drug-likeness (QED) is 0.357. The SMILES string of the molecule is C[n+]1ccn(C(F)(F)C(F)C(F)(F)F)c1.O=S(=O)([N-]S(=O)(=O)C(F)(F)C(F)(F)F)C(F)(F)C(F)(F)F. The molecule has 0 saturated heterocycles. The van der Waals surface area contributed by atoms with Crippen molar-refractivity contribution in [3.8, 4) is 0 Å². The number of aryl methyl sites for hydroxylation is 1. The van der Waals surface area contributed by atoms with Crippen LogP contribution in [0.1, 0.15) is 0 Å². The lowest BCUT2D eigenvalue weighted by Crippen LogP contribution is -2.48. The van der Waals surface area contributed by atoms with Crippen molar-refractivity contribution >= 4 is 20.0 Å². The Labute approximate surface area is 188 Å². The molecule has 1 atom stereocenters. The van der Waals surface area contributed by atoms with Crippen molar-refractivity contribution in [1.29, 1.82) is 0 Å². The van der Waals surface area contributed by atoms with Crippen molar-refractivity contribution in [3.63, 3.8) is 0 Å². The lowest BCUT2D eigenvalue weighted by molar-refractivity contribution is -0.671. The smallest absolute Gasteiger partial charge is 0.425 e. The average Bonchev–Trinajstić information content (AvgIpc) is 3.05. The molecular formula is C11H7F16N3O4S2. The second kappa shape index (κ2) is 9.68. The lowest BCUT2D eigenvalue weighted by atomic mass is 10.3. The fraction of sp³-hybridized carbons (Fsp3) is 0.727. The Morgan fingerprint density at radius 3 is 1.28 bits per heavy atom. The molecular weight excluding hydrogens is 606 g/mol. The van der Waals surface area contributed by atoms with Gasteiger partial charge < -0.3 is 4.13 Å². The van der Waals surface area contributed by atoms with Crippen LogP contribution >= 0.6 is 0 Å². The fourth-order valence-electron chi connectivity index (χ4n) is 1.47. The number of imidazole rings is 1. The molecule has 0 radical (unpaired) electrons. The molecule has 0 aromatic carbocycles. The van der Waals surface area contributed by atoms with Crippen LogP contribution in [0.2, 0.25) is 0 Å². The van der Waals surface area contributed by atoms with Gasteiger partial charge in [-0.05, 0) is 0 Å². The second-order valence-electron chi connectivity index (χ2n) is 6.03. The van der Waals surface area contributed by atoms with Gasteiger partial charge in [-0.2, -0.15) is 70.4 Å². The summed E-state index contributed by atoms with van der Waals surface area (Å²) in [4.78, 5) is 0. The summed E-state index contributed by atoms with van der Waals surface area (Å²) in [7, 11) is -13.9. The highest BCUT2D eigenvalue weighted by Crippen LogP contribution is 2.48. The molecule has 0 aliphatic carbocycles. The topological polar surface area (TPSA) is 91.2 Å². The van der Waals surface area contributed by atoms with Gasteiger partial charge in [-0.25, -0.2) is 25.8 Å². The van der Waals surface area contributed by atoms with Crippen molar-refractivity contribution in [2.75, 3.05) is 0 Å². The first-order valence-corrected chi connectivity index (χ1v) is 10.5.